The number of rotatable bonds is 4. The van der Waals surface area contributed by atoms with E-state index >= 15 is 0 Å². The van der Waals surface area contributed by atoms with Gasteiger partial charge in [0.25, 0.3) is 0 Å². The first kappa shape index (κ1) is 13.8. The first-order valence-corrected chi connectivity index (χ1v) is 6.88. The Labute approximate surface area is 115 Å². The standard InChI is InChI=1S/C16H23N3/c1-11(2)16-14(5-6-17)10-18-19(16)15-8-12(3)7-13(4)9-15/h7-11H,5-6,17H2,1-4H3. The van der Waals surface area contributed by atoms with Gasteiger partial charge in [0.1, 0.15) is 0 Å². The van der Waals surface area contributed by atoms with E-state index in [-0.39, 0.29) is 0 Å². The number of hydrogen-bond donors (Lipinski definition) is 1. The van der Waals surface area contributed by atoms with Gasteiger partial charge in [-0.2, -0.15) is 5.10 Å². The minimum atomic E-state index is 0.435. The summed E-state index contributed by atoms with van der Waals surface area (Å²) < 4.78 is 2.07. The Morgan fingerprint density at radius 3 is 2.32 bits per heavy atom. The molecule has 1 aromatic heterocycles. The van der Waals surface area contributed by atoms with Crippen LogP contribution in [0.1, 0.15) is 42.1 Å². The van der Waals surface area contributed by atoms with E-state index in [4.69, 9.17) is 5.73 Å². The maximum atomic E-state index is 5.69. The minimum Gasteiger partial charge on any atom is -0.330 e. The molecule has 2 aromatic rings. The second-order valence-corrected chi connectivity index (χ2v) is 5.51. The number of aryl methyl sites for hydroxylation is 2. The molecule has 0 bridgehead atoms. The van der Waals surface area contributed by atoms with E-state index in [1.807, 2.05) is 6.20 Å². The Morgan fingerprint density at radius 1 is 1.16 bits per heavy atom. The van der Waals surface area contributed by atoms with E-state index in [1.165, 1.54) is 22.4 Å². The van der Waals surface area contributed by atoms with E-state index in [2.05, 4.69) is 55.7 Å². The number of benzene rings is 1. The minimum absolute atomic E-state index is 0.435. The fourth-order valence-corrected chi connectivity index (χ4v) is 2.63. The van der Waals surface area contributed by atoms with E-state index in [0.29, 0.717) is 12.5 Å². The van der Waals surface area contributed by atoms with Crippen LogP contribution in [0, 0.1) is 13.8 Å². The van der Waals surface area contributed by atoms with E-state index < -0.39 is 0 Å². The quantitative estimate of drug-likeness (QED) is 0.914. The second kappa shape index (κ2) is 5.57. The monoisotopic (exact) mass is 257 g/mol. The Balaban J connectivity index is 2.55. The van der Waals surface area contributed by atoms with E-state index in [0.717, 1.165) is 12.1 Å². The third kappa shape index (κ3) is 2.87. The van der Waals surface area contributed by atoms with Gasteiger partial charge < -0.3 is 5.73 Å². The van der Waals surface area contributed by atoms with Crippen molar-refractivity contribution >= 4 is 0 Å². The summed E-state index contributed by atoms with van der Waals surface area (Å²) in [7, 11) is 0. The molecular formula is C16H23N3. The van der Waals surface area contributed by atoms with Crippen LogP contribution in [-0.4, -0.2) is 16.3 Å². The molecule has 0 saturated heterocycles. The smallest absolute Gasteiger partial charge is 0.0654 e. The Morgan fingerprint density at radius 2 is 1.79 bits per heavy atom. The Kier molecular flexibility index (Phi) is 4.05. The van der Waals surface area contributed by atoms with Crippen molar-refractivity contribution in [2.45, 2.75) is 40.0 Å². The lowest BCUT2D eigenvalue weighted by atomic mass is 10.0. The summed E-state index contributed by atoms with van der Waals surface area (Å²) in [4.78, 5) is 0. The third-order valence-corrected chi connectivity index (χ3v) is 3.30. The van der Waals surface area contributed by atoms with E-state index in [9.17, 15) is 0 Å². The highest BCUT2D eigenvalue weighted by Gasteiger charge is 2.15. The largest absolute Gasteiger partial charge is 0.330 e. The van der Waals surface area contributed by atoms with Crippen molar-refractivity contribution < 1.29 is 0 Å². The van der Waals surface area contributed by atoms with Crippen LogP contribution in [0.25, 0.3) is 5.69 Å². The summed E-state index contributed by atoms with van der Waals surface area (Å²) in [5.41, 5.74) is 11.9. The second-order valence-electron chi connectivity index (χ2n) is 5.51. The topological polar surface area (TPSA) is 43.8 Å². The molecule has 0 aliphatic rings. The van der Waals surface area contributed by atoms with Crippen LogP contribution in [0.2, 0.25) is 0 Å². The molecule has 19 heavy (non-hydrogen) atoms. The van der Waals surface area contributed by atoms with Crippen LogP contribution in [0.15, 0.2) is 24.4 Å². The fraction of sp³-hybridized carbons (Fsp3) is 0.438. The predicted molar refractivity (Wildman–Crippen MR) is 79.9 cm³/mol. The zero-order chi connectivity index (χ0) is 14.0. The first-order valence-electron chi connectivity index (χ1n) is 6.88. The van der Waals surface area contributed by atoms with Crippen LogP contribution < -0.4 is 5.73 Å². The molecule has 1 aromatic carbocycles. The van der Waals surface area contributed by atoms with Gasteiger partial charge in [-0.3, -0.25) is 0 Å². The molecule has 0 atom stereocenters. The molecule has 3 heteroatoms. The summed E-state index contributed by atoms with van der Waals surface area (Å²) in [6, 6.07) is 6.54. The van der Waals surface area contributed by atoms with Gasteiger partial charge in [-0.15, -0.1) is 0 Å². The lowest BCUT2D eigenvalue weighted by Gasteiger charge is -2.14. The predicted octanol–water partition coefficient (Wildman–Crippen LogP) is 3.11. The van der Waals surface area contributed by atoms with Gasteiger partial charge in [-0.1, -0.05) is 19.9 Å². The molecule has 0 amide bonds. The maximum Gasteiger partial charge on any atom is 0.0654 e. The molecule has 0 unspecified atom stereocenters. The van der Waals surface area contributed by atoms with Crippen LogP contribution in [0.3, 0.4) is 0 Å². The molecule has 0 saturated carbocycles. The van der Waals surface area contributed by atoms with Crippen LogP contribution in [-0.2, 0) is 6.42 Å². The Bertz CT molecular complexity index is 547. The van der Waals surface area contributed by atoms with Gasteiger partial charge in [0.15, 0.2) is 0 Å². The molecule has 3 nitrogen and oxygen atoms in total. The zero-order valence-electron chi connectivity index (χ0n) is 12.3. The van der Waals surface area contributed by atoms with Crippen molar-refractivity contribution in [2.24, 2.45) is 5.73 Å². The molecule has 1 heterocycles. The molecule has 102 valence electrons. The molecule has 0 spiro atoms. The fourth-order valence-electron chi connectivity index (χ4n) is 2.63. The lowest BCUT2D eigenvalue weighted by molar-refractivity contribution is 0.723. The highest BCUT2D eigenvalue weighted by atomic mass is 15.3. The van der Waals surface area contributed by atoms with Crippen molar-refractivity contribution in [3.05, 3.63) is 46.8 Å². The van der Waals surface area contributed by atoms with Gasteiger partial charge in [0, 0.05) is 0 Å². The molecular weight excluding hydrogens is 234 g/mol. The summed E-state index contributed by atoms with van der Waals surface area (Å²) >= 11 is 0. The first-order chi connectivity index (χ1) is 9.02. The van der Waals surface area contributed by atoms with Gasteiger partial charge in [0.2, 0.25) is 0 Å². The number of hydrogen-bond acceptors (Lipinski definition) is 2. The highest BCUT2D eigenvalue weighted by Crippen LogP contribution is 2.24. The number of nitrogens with zero attached hydrogens (tertiary/aromatic N) is 2. The zero-order valence-corrected chi connectivity index (χ0v) is 12.3. The summed E-state index contributed by atoms with van der Waals surface area (Å²) in [6.07, 6.45) is 2.85. The normalized spacial score (nSPS) is 11.3. The van der Waals surface area contributed by atoms with Gasteiger partial charge in [-0.05, 0) is 61.6 Å². The van der Waals surface area contributed by atoms with Crippen molar-refractivity contribution in [1.29, 1.82) is 0 Å². The molecule has 2 rings (SSSR count). The number of nitrogens with two attached hydrogens (primary N) is 1. The highest BCUT2D eigenvalue weighted by molar-refractivity contribution is 5.41. The summed E-state index contributed by atoms with van der Waals surface area (Å²) in [5, 5.41) is 4.57. The maximum absolute atomic E-state index is 5.69. The molecule has 0 aliphatic heterocycles. The molecule has 2 N–H and O–H groups in total. The van der Waals surface area contributed by atoms with Crippen LogP contribution >= 0.6 is 0 Å². The van der Waals surface area contributed by atoms with Gasteiger partial charge in [-0.25, -0.2) is 4.68 Å². The molecule has 0 aliphatic carbocycles. The van der Waals surface area contributed by atoms with Crippen molar-refractivity contribution in [3.8, 4) is 5.69 Å². The SMILES string of the molecule is Cc1cc(C)cc(-n2ncc(CCN)c2C(C)C)c1. The van der Waals surface area contributed by atoms with Crippen LogP contribution in [0.4, 0.5) is 0 Å². The molecule has 0 radical (unpaired) electrons. The third-order valence-electron chi connectivity index (χ3n) is 3.30. The number of aromatic nitrogens is 2. The Hall–Kier alpha value is -1.61. The van der Waals surface area contributed by atoms with Crippen LogP contribution in [0.5, 0.6) is 0 Å². The summed E-state index contributed by atoms with van der Waals surface area (Å²) in [6.45, 7) is 9.32. The van der Waals surface area contributed by atoms with Crippen molar-refractivity contribution in [3.63, 3.8) is 0 Å². The van der Waals surface area contributed by atoms with Crippen molar-refractivity contribution in [1.82, 2.24) is 9.78 Å². The average molecular weight is 257 g/mol. The lowest BCUT2D eigenvalue weighted by Crippen LogP contribution is -2.09. The average Bonchev–Trinajstić information content (AvgIpc) is 2.72. The van der Waals surface area contributed by atoms with E-state index in [1.54, 1.807) is 0 Å². The van der Waals surface area contributed by atoms with Gasteiger partial charge >= 0.3 is 0 Å². The van der Waals surface area contributed by atoms with Crippen molar-refractivity contribution in [2.75, 3.05) is 6.54 Å². The molecule has 0 fully saturated rings. The summed E-state index contributed by atoms with van der Waals surface area (Å²) in [5.74, 6) is 0.435. The van der Waals surface area contributed by atoms with Gasteiger partial charge in [0.05, 0.1) is 17.6 Å².